The van der Waals surface area contributed by atoms with E-state index >= 15 is 0 Å². The molecule has 0 aromatic carbocycles. The zero-order valence-electron chi connectivity index (χ0n) is 7.98. The molecule has 2 aliphatic rings. The largest absolute Gasteiger partial charge is 0.355 e. The molecule has 0 bridgehead atoms. The second-order valence-corrected chi connectivity index (χ2v) is 5.23. The molecule has 2 nitrogen and oxygen atoms in total. The Bertz CT molecular complexity index is 225. The molecular weight excluding hydrogens is 230 g/mol. The van der Waals surface area contributed by atoms with E-state index in [9.17, 15) is 4.79 Å². The third-order valence-corrected chi connectivity index (χ3v) is 4.51. The van der Waals surface area contributed by atoms with Crippen LogP contribution in [-0.2, 0) is 4.79 Å². The van der Waals surface area contributed by atoms with E-state index in [0.717, 1.165) is 18.3 Å². The van der Waals surface area contributed by atoms with Gasteiger partial charge in [-0.1, -0.05) is 22.9 Å². The molecule has 2 fully saturated rings. The average Bonchev–Trinajstić information content (AvgIpc) is 2.99. The first kappa shape index (κ1) is 9.50. The maximum atomic E-state index is 11.5. The van der Waals surface area contributed by atoms with Crippen molar-refractivity contribution < 1.29 is 4.79 Å². The monoisotopic (exact) mass is 245 g/mol. The number of carbonyl (C=O) groups is 1. The van der Waals surface area contributed by atoms with Crippen LogP contribution < -0.4 is 5.32 Å². The van der Waals surface area contributed by atoms with Crippen molar-refractivity contribution in [2.24, 2.45) is 17.3 Å². The van der Waals surface area contributed by atoms with Gasteiger partial charge in [0, 0.05) is 17.8 Å². The quantitative estimate of drug-likeness (QED) is 0.754. The normalized spacial score (nSPS) is 34.0. The summed E-state index contributed by atoms with van der Waals surface area (Å²) < 4.78 is 0. The van der Waals surface area contributed by atoms with Gasteiger partial charge >= 0.3 is 0 Å². The highest BCUT2D eigenvalue weighted by Crippen LogP contribution is 2.46. The van der Waals surface area contributed by atoms with Gasteiger partial charge in [-0.25, -0.2) is 0 Å². The minimum absolute atomic E-state index is 0.278. The molecule has 13 heavy (non-hydrogen) atoms. The highest BCUT2D eigenvalue weighted by atomic mass is 79.9. The van der Waals surface area contributed by atoms with Crippen LogP contribution in [0.25, 0.3) is 0 Å². The number of hydrogen-bond donors (Lipinski definition) is 1. The fraction of sp³-hybridized carbons (Fsp3) is 0.900. The fourth-order valence-electron chi connectivity index (χ4n) is 1.63. The van der Waals surface area contributed by atoms with Gasteiger partial charge in [0.05, 0.1) is 0 Å². The molecule has 0 radical (unpaired) electrons. The lowest BCUT2D eigenvalue weighted by Gasteiger charge is -2.12. The van der Waals surface area contributed by atoms with Crippen molar-refractivity contribution >= 4 is 21.8 Å². The number of halogens is 1. The summed E-state index contributed by atoms with van der Waals surface area (Å²) in [4.78, 5) is 11.5. The summed E-state index contributed by atoms with van der Waals surface area (Å²) in [5.41, 5.74) is 0.411. The number of amides is 1. The van der Waals surface area contributed by atoms with Crippen molar-refractivity contribution in [2.45, 2.75) is 26.2 Å². The summed E-state index contributed by atoms with van der Waals surface area (Å²) in [6.07, 6.45) is 3.62. The van der Waals surface area contributed by atoms with Gasteiger partial charge in [0.1, 0.15) is 0 Å². The summed E-state index contributed by atoms with van der Waals surface area (Å²) in [6, 6.07) is 0. The van der Waals surface area contributed by atoms with E-state index in [1.54, 1.807) is 0 Å². The van der Waals surface area contributed by atoms with E-state index < -0.39 is 0 Å². The van der Waals surface area contributed by atoms with Crippen LogP contribution in [0.2, 0.25) is 0 Å². The van der Waals surface area contributed by atoms with Crippen LogP contribution in [0.5, 0.6) is 0 Å². The van der Waals surface area contributed by atoms with Gasteiger partial charge in [-0.3, -0.25) is 4.79 Å². The van der Waals surface area contributed by atoms with Crippen molar-refractivity contribution in [3.63, 3.8) is 0 Å². The number of alkyl halides is 1. The van der Waals surface area contributed by atoms with Crippen molar-refractivity contribution in [2.75, 3.05) is 11.9 Å². The minimum atomic E-state index is 0.278. The fourth-order valence-corrected chi connectivity index (χ4v) is 2.39. The molecule has 0 aromatic heterocycles. The summed E-state index contributed by atoms with van der Waals surface area (Å²) in [6.45, 7) is 3.02. The Labute approximate surface area is 87.6 Å². The van der Waals surface area contributed by atoms with Crippen LogP contribution in [0.15, 0.2) is 0 Å². The standard InChI is InChI=1S/C10H16BrNO/c1-7-4-8(7)9(13)12-6-10(5-11)2-3-10/h7-8H,2-6H2,1H3,(H,12,13). The Morgan fingerprint density at radius 3 is 2.62 bits per heavy atom. The molecule has 74 valence electrons. The maximum absolute atomic E-state index is 11.5. The molecule has 3 heteroatoms. The molecule has 2 atom stereocenters. The second kappa shape index (κ2) is 3.26. The first-order chi connectivity index (χ1) is 6.17. The van der Waals surface area contributed by atoms with E-state index in [1.807, 2.05) is 0 Å². The minimum Gasteiger partial charge on any atom is -0.355 e. The third-order valence-electron chi connectivity index (χ3n) is 3.32. The molecule has 1 N–H and O–H groups in total. The van der Waals surface area contributed by atoms with Gasteiger partial charge in [0.25, 0.3) is 0 Å². The zero-order valence-corrected chi connectivity index (χ0v) is 9.56. The van der Waals surface area contributed by atoms with Gasteiger partial charge in [-0.05, 0) is 30.6 Å². The molecule has 2 aliphatic carbocycles. The highest BCUT2D eigenvalue weighted by Gasteiger charge is 2.44. The molecule has 2 unspecified atom stereocenters. The van der Waals surface area contributed by atoms with E-state index in [2.05, 4.69) is 28.2 Å². The van der Waals surface area contributed by atoms with Gasteiger partial charge < -0.3 is 5.32 Å². The van der Waals surface area contributed by atoms with Crippen molar-refractivity contribution in [1.82, 2.24) is 5.32 Å². The molecule has 0 saturated heterocycles. The summed E-state index contributed by atoms with van der Waals surface area (Å²) in [5, 5.41) is 4.09. The molecule has 0 spiro atoms. The van der Waals surface area contributed by atoms with E-state index in [0.29, 0.717) is 17.3 Å². The average molecular weight is 246 g/mol. The van der Waals surface area contributed by atoms with Crippen molar-refractivity contribution in [1.29, 1.82) is 0 Å². The lowest BCUT2D eigenvalue weighted by Crippen LogP contribution is -2.32. The first-order valence-corrected chi connectivity index (χ1v) is 6.13. The van der Waals surface area contributed by atoms with Gasteiger partial charge in [0.15, 0.2) is 0 Å². The van der Waals surface area contributed by atoms with E-state index in [4.69, 9.17) is 0 Å². The van der Waals surface area contributed by atoms with Crippen LogP contribution >= 0.6 is 15.9 Å². The predicted molar refractivity (Wildman–Crippen MR) is 55.7 cm³/mol. The van der Waals surface area contributed by atoms with Crippen LogP contribution in [0.4, 0.5) is 0 Å². The summed E-state index contributed by atoms with van der Waals surface area (Å²) in [5.74, 6) is 1.23. The number of rotatable bonds is 4. The van der Waals surface area contributed by atoms with Crippen LogP contribution in [0, 0.1) is 17.3 Å². The Morgan fingerprint density at radius 2 is 2.23 bits per heavy atom. The smallest absolute Gasteiger partial charge is 0.223 e. The summed E-state index contributed by atoms with van der Waals surface area (Å²) in [7, 11) is 0. The van der Waals surface area contributed by atoms with Gasteiger partial charge in [-0.15, -0.1) is 0 Å². The van der Waals surface area contributed by atoms with Crippen LogP contribution in [-0.4, -0.2) is 17.8 Å². The zero-order chi connectivity index (χ0) is 9.47. The van der Waals surface area contributed by atoms with Crippen LogP contribution in [0.3, 0.4) is 0 Å². The third kappa shape index (κ3) is 2.06. The molecular formula is C10H16BrNO. The Balaban J connectivity index is 1.70. The Hall–Kier alpha value is -0.0500. The number of carbonyl (C=O) groups excluding carboxylic acids is 1. The predicted octanol–water partition coefficient (Wildman–Crippen LogP) is 1.93. The highest BCUT2D eigenvalue weighted by molar-refractivity contribution is 9.09. The molecule has 2 rings (SSSR count). The SMILES string of the molecule is CC1CC1C(=O)NCC1(CBr)CC1. The van der Waals surface area contributed by atoms with Crippen molar-refractivity contribution in [3.05, 3.63) is 0 Å². The Morgan fingerprint density at radius 1 is 1.62 bits per heavy atom. The molecule has 0 aliphatic heterocycles. The first-order valence-electron chi connectivity index (χ1n) is 5.01. The van der Waals surface area contributed by atoms with Gasteiger partial charge in [-0.2, -0.15) is 0 Å². The van der Waals surface area contributed by atoms with E-state index in [-0.39, 0.29) is 5.91 Å². The molecule has 2 saturated carbocycles. The Kier molecular flexibility index (Phi) is 2.39. The van der Waals surface area contributed by atoms with Crippen LogP contribution in [0.1, 0.15) is 26.2 Å². The summed E-state index contributed by atoms with van der Waals surface area (Å²) >= 11 is 3.50. The number of nitrogens with one attached hydrogen (secondary N) is 1. The maximum Gasteiger partial charge on any atom is 0.223 e. The molecule has 0 aromatic rings. The van der Waals surface area contributed by atoms with Gasteiger partial charge in [0.2, 0.25) is 5.91 Å². The molecule has 1 amide bonds. The van der Waals surface area contributed by atoms with Crippen molar-refractivity contribution in [3.8, 4) is 0 Å². The lowest BCUT2D eigenvalue weighted by molar-refractivity contribution is -0.122. The second-order valence-electron chi connectivity index (χ2n) is 4.67. The molecule has 0 heterocycles. The number of hydrogen-bond acceptors (Lipinski definition) is 1. The van der Waals surface area contributed by atoms with E-state index in [1.165, 1.54) is 12.8 Å². The lowest BCUT2D eigenvalue weighted by atomic mass is 10.1. The topological polar surface area (TPSA) is 29.1 Å².